The summed E-state index contributed by atoms with van der Waals surface area (Å²) in [6.07, 6.45) is 7.48. The van der Waals surface area contributed by atoms with E-state index in [0.717, 1.165) is 38.5 Å². The summed E-state index contributed by atoms with van der Waals surface area (Å²) in [5, 5.41) is 20.5. The number of carbonyl (C=O) groups excluding carboxylic acids is 1. The average Bonchev–Trinajstić information content (AvgIpc) is 2.44. The lowest BCUT2D eigenvalue weighted by atomic mass is 10.1. The molecule has 6 nitrogen and oxygen atoms in total. The molecule has 0 aliphatic heterocycles. The number of aromatic nitrogens is 1. The van der Waals surface area contributed by atoms with Gasteiger partial charge in [0.05, 0.1) is 0 Å². The van der Waals surface area contributed by atoms with E-state index in [4.69, 9.17) is 5.11 Å². The third-order valence-corrected chi connectivity index (χ3v) is 3.09. The first kappa shape index (κ1) is 16.9. The number of carboxylic acids is 1. The molecule has 1 aromatic rings. The Labute approximate surface area is 124 Å². The van der Waals surface area contributed by atoms with Crippen LogP contribution in [0.15, 0.2) is 18.3 Å². The number of aromatic hydroxyl groups is 1. The number of nitrogens with one attached hydrogen (secondary N) is 1. The van der Waals surface area contributed by atoms with E-state index in [1.165, 1.54) is 12.3 Å². The number of pyridine rings is 1. The van der Waals surface area contributed by atoms with Crippen LogP contribution in [-0.4, -0.2) is 27.1 Å². The third kappa shape index (κ3) is 7.91. The largest absolute Gasteiger partial charge is 0.504 e. The lowest BCUT2D eigenvalue weighted by molar-refractivity contribution is -0.137. The number of anilines is 1. The quantitative estimate of drug-likeness (QED) is 0.576. The van der Waals surface area contributed by atoms with Gasteiger partial charge in [-0.2, -0.15) is 0 Å². The molecule has 0 fully saturated rings. The molecular weight excluding hydrogens is 272 g/mol. The second kappa shape index (κ2) is 9.74. The van der Waals surface area contributed by atoms with E-state index in [1.54, 1.807) is 6.07 Å². The molecule has 0 unspecified atom stereocenters. The molecule has 1 heterocycles. The fourth-order valence-electron chi connectivity index (χ4n) is 1.96. The van der Waals surface area contributed by atoms with Crippen LogP contribution in [0, 0.1) is 0 Å². The van der Waals surface area contributed by atoms with E-state index < -0.39 is 5.97 Å². The molecule has 21 heavy (non-hydrogen) atoms. The fraction of sp³-hybridized carbons (Fsp3) is 0.533. The molecule has 0 atom stereocenters. The highest BCUT2D eigenvalue weighted by atomic mass is 16.4. The molecule has 116 valence electrons. The first-order valence-electron chi connectivity index (χ1n) is 7.25. The topological polar surface area (TPSA) is 99.5 Å². The predicted molar refractivity (Wildman–Crippen MR) is 79.1 cm³/mol. The van der Waals surface area contributed by atoms with E-state index in [0.29, 0.717) is 6.42 Å². The Morgan fingerprint density at radius 2 is 1.67 bits per heavy atom. The van der Waals surface area contributed by atoms with Gasteiger partial charge < -0.3 is 15.5 Å². The molecule has 1 aromatic heterocycles. The Morgan fingerprint density at radius 3 is 2.29 bits per heavy atom. The molecule has 0 radical (unpaired) electrons. The number of rotatable bonds is 10. The summed E-state index contributed by atoms with van der Waals surface area (Å²) >= 11 is 0. The fourth-order valence-corrected chi connectivity index (χ4v) is 1.96. The normalized spacial score (nSPS) is 10.3. The lowest BCUT2D eigenvalue weighted by Gasteiger charge is -2.05. The van der Waals surface area contributed by atoms with E-state index in [1.807, 2.05) is 0 Å². The summed E-state index contributed by atoms with van der Waals surface area (Å²) in [4.78, 5) is 25.8. The van der Waals surface area contributed by atoms with Crippen molar-refractivity contribution >= 4 is 17.7 Å². The number of amides is 1. The molecule has 0 aliphatic rings. The molecule has 6 heteroatoms. The van der Waals surface area contributed by atoms with Crippen LogP contribution in [0.25, 0.3) is 0 Å². The van der Waals surface area contributed by atoms with Crippen molar-refractivity contribution in [1.82, 2.24) is 4.98 Å². The SMILES string of the molecule is O=C(O)CCCCCCCCC(=O)Nc1ncccc1O. The Balaban J connectivity index is 2.04. The number of nitrogens with zero attached hydrogens (tertiary/aromatic N) is 1. The summed E-state index contributed by atoms with van der Waals surface area (Å²) < 4.78 is 0. The summed E-state index contributed by atoms with van der Waals surface area (Å²) in [6, 6.07) is 3.06. The van der Waals surface area contributed by atoms with Crippen molar-refractivity contribution in [3.05, 3.63) is 18.3 Å². The van der Waals surface area contributed by atoms with Gasteiger partial charge in [0.15, 0.2) is 11.6 Å². The van der Waals surface area contributed by atoms with Gasteiger partial charge >= 0.3 is 5.97 Å². The van der Waals surface area contributed by atoms with Gasteiger partial charge in [-0.25, -0.2) is 4.98 Å². The highest BCUT2D eigenvalue weighted by Gasteiger charge is 2.06. The predicted octanol–water partition coefficient (Wildman–Crippen LogP) is 2.93. The second-order valence-corrected chi connectivity index (χ2v) is 4.93. The summed E-state index contributed by atoms with van der Waals surface area (Å²) in [5.74, 6) is -0.750. The van der Waals surface area contributed by atoms with Gasteiger partial charge in [0.25, 0.3) is 0 Å². The van der Waals surface area contributed by atoms with Crippen LogP contribution in [0.4, 0.5) is 5.82 Å². The van der Waals surface area contributed by atoms with Crippen molar-refractivity contribution in [3.63, 3.8) is 0 Å². The Bertz CT molecular complexity index is 463. The molecule has 0 spiro atoms. The van der Waals surface area contributed by atoms with E-state index >= 15 is 0 Å². The van der Waals surface area contributed by atoms with E-state index in [2.05, 4.69) is 10.3 Å². The van der Waals surface area contributed by atoms with Crippen LogP contribution in [0.1, 0.15) is 51.4 Å². The zero-order chi connectivity index (χ0) is 15.5. The molecular formula is C15H22N2O4. The van der Waals surface area contributed by atoms with Gasteiger partial charge in [0, 0.05) is 19.0 Å². The highest BCUT2D eigenvalue weighted by molar-refractivity contribution is 5.90. The molecule has 0 bridgehead atoms. The van der Waals surface area contributed by atoms with Crippen molar-refractivity contribution in [2.45, 2.75) is 51.4 Å². The maximum atomic E-state index is 11.6. The van der Waals surface area contributed by atoms with Gasteiger partial charge in [0.2, 0.25) is 5.91 Å². The van der Waals surface area contributed by atoms with Gasteiger partial charge in [-0.3, -0.25) is 9.59 Å². The summed E-state index contributed by atoms with van der Waals surface area (Å²) in [6.45, 7) is 0. The van der Waals surface area contributed by atoms with Crippen molar-refractivity contribution in [1.29, 1.82) is 0 Å². The van der Waals surface area contributed by atoms with Crippen molar-refractivity contribution in [2.75, 3.05) is 5.32 Å². The van der Waals surface area contributed by atoms with Crippen molar-refractivity contribution in [3.8, 4) is 5.75 Å². The minimum Gasteiger partial charge on any atom is -0.504 e. The van der Waals surface area contributed by atoms with Crippen LogP contribution >= 0.6 is 0 Å². The molecule has 0 saturated carbocycles. The van der Waals surface area contributed by atoms with E-state index in [9.17, 15) is 14.7 Å². The third-order valence-electron chi connectivity index (χ3n) is 3.09. The second-order valence-electron chi connectivity index (χ2n) is 4.93. The Morgan fingerprint density at radius 1 is 1.05 bits per heavy atom. The van der Waals surface area contributed by atoms with Crippen LogP contribution in [0.3, 0.4) is 0 Å². The standard InChI is InChI=1S/C15H22N2O4/c18-12-8-7-11-16-15(12)17-13(19)9-5-3-1-2-4-6-10-14(20)21/h7-8,11,18H,1-6,9-10H2,(H,20,21)(H,16,17,19). The van der Waals surface area contributed by atoms with Crippen LogP contribution < -0.4 is 5.32 Å². The first-order chi connectivity index (χ1) is 10.1. The average molecular weight is 294 g/mol. The molecule has 0 saturated heterocycles. The number of carbonyl (C=O) groups is 2. The molecule has 3 N–H and O–H groups in total. The van der Waals surface area contributed by atoms with Gasteiger partial charge in [-0.1, -0.05) is 25.7 Å². The zero-order valence-electron chi connectivity index (χ0n) is 12.0. The minimum absolute atomic E-state index is 0.0377. The van der Waals surface area contributed by atoms with Crippen molar-refractivity contribution < 1.29 is 19.8 Å². The molecule has 1 rings (SSSR count). The zero-order valence-corrected chi connectivity index (χ0v) is 12.0. The minimum atomic E-state index is -0.746. The van der Waals surface area contributed by atoms with Gasteiger partial charge in [-0.05, 0) is 25.0 Å². The Hall–Kier alpha value is -2.11. The van der Waals surface area contributed by atoms with Gasteiger partial charge in [-0.15, -0.1) is 0 Å². The van der Waals surface area contributed by atoms with Crippen molar-refractivity contribution in [2.24, 2.45) is 0 Å². The smallest absolute Gasteiger partial charge is 0.303 e. The maximum Gasteiger partial charge on any atom is 0.303 e. The number of carboxylic acid groups (broad SMARTS) is 1. The summed E-state index contributed by atoms with van der Waals surface area (Å²) in [5.41, 5.74) is 0. The van der Waals surface area contributed by atoms with Crippen LogP contribution in [-0.2, 0) is 9.59 Å². The summed E-state index contributed by atoms with van der Waals surface area (Å²) in [7, 11) is 0. The number of aliphatic carboxylic acids is 1. The van der Waals surface area contributed by atoms with E-state index in [-0.39, 0.29) is 23.9 Å². The number of unbranched alkanes of at least 4 members (excludes halogenated alkanes) is 5. The highest BCUT2D eigenvalue weighted by Crippen LogP contribution is 2.18. The molecule has 1 amide bonds. The van der Waals surface area contributed by atoms with Gasteiger partial charge in [0.1, 0.15) is 0 Å². The van der Waals surface area contributed by atoms with Crippen LogP contribution in [0.2, 0.25) is 0 Å². The lowest BCUT2D eigenvalue weighted by Crippen LogP contribution is -2.12. The monoisotopic (exact) mass is 294 g/mol. The Kier molecular flexibility index (Phi) is 7.86. The maximum absolute atomic E-state index is 11.6. The first-order valence-corrected chi connectivity index (χ1v) is 7.25. The molecule has 0 aliphatic carbocycles. The number of hydrogen-bond acceptors (Lipinski definition) is 4. The number of hydrogen-bond donors (Lipinski definition) is 3. The molecule has 0 aromatic carbocycles. The van der Waals surface area contributed by atoms with Crippen LogP contribution in [0.5, 0.6) is 5.75 Å².